The number of amides is 1. The third kappa shape index (κ3) is 2.13. The van der Waals surface area contributed by atoms with Crippen LogP contribution in [-0.4, -0.2) is 23.4 Å². The van der Waals surface area contributed by atoms with E-state index in [9.17, 15) is 4.79 Å². The molecule has 1 aliphatic heterocycles. The van der Waals surface area contributed by atoms with Crippen molar-refractivity contribution in [1.82, 2.24) is 4.90 Å². The Morgan fingerprint density at radius 1 is 1.47 bits per heavy atom. The van der Waals surface area contributed by atoms with Crippen molar-refractivity contribution in [3.63, 3.8) is 0 Å². The van der Waals surface area contributed by atoms with Crippen molar-refractivity contribution in [2.75, 3.05) is 6.54 Å². The highest BCUT2D eigenvalue weighted by atomic mass is 35.5. The van der Waals surface area contributed by atoms with Crippen LogP contribution < -0.4 is 5.73 Å². The Morgan fingerprint density at radius 3 is 2.80 bits per heavy atom. The minimum Gasteiger partial charge on any atom is -0.337 e. The number of hydrogen-bond acceptors (Lipinski definition) is 2. The molecule has 0 bridgehead atoms. The van der Waals surface area contributed by atoms with E-state index in [0.29, 0.717) is 11.6 Å². The monoisotopic (exact) mass is 224 g/mol. The molecule has 2 rings (SSSR count). The van der Waals surface area contributed by atoms with Gasteiger partial charge in [0.15, 0.2) is 0 Å². The van der Waals surface area contributed by atoms with Gasteiger partial charge in [-0.15, -0.1) is 0 Å². The van der Waals surface area contributed by atoms with Gasteiger partial charge in [0.25, 0.3) is 0 Å². The van der Waals surface area contributed by atoms with Crippen LogP contribution in [0, 0.1) is 0 Å². The van der Waals surface area contributed by atoms with Crippen LogP contribution in [-0.2, 0) is 11.3 Å². The molecule has 1 heterocycles. The van der Waals surface area contributed by atoms with Crippen LogP contribution in [0.15, 0.2) is 24.3 Å². The zero-order valence-electron chi connectivity index (χ0n) is 8.32. The number of likely N-dealkylation sites (tertiary alicyclic amines) is 1. The number of carbonyl (C=O) groups excluding carboxylic acids is 1. The standard InChI is InChI=1S/C11H13ClN2O/c12-9-4-2-1-3-8(9)7-14-6-5-10(13)11(14)15/h1-4,10H,5-7,13H2. The fourth-order valence-corrected chi connectivity index (χ4v) is 1.95. The molecule has 1 amide bonds. The maximum absolute atomic E-state index is 11.6. The highest BCUT2D eigenvalue weighted by Gasteiger charge is 2.28. The normalized spacial score (nSPS) is 21.1. The maximum atomic E-state index is 11.6. The Hall–Kier alpha value is -1.06. The summed E-state index contributed by atoms with van der Waals surface area (Å²) >= 11 is 6.02. The first-order valence-electron chi connectivity index (χ1n) is 4.96. The number of nitrogens with two attached hydrogens (primary N) is 1. The molecule has 1 aromatic rings. The molecule has 1 saturated heterocycles. The van der Waals surface area contributed by atoms with Crippen LogP contribution in [0.4, 0.5) is 0 Å². The Balaban J connectivity index is 2.10. The van der Waals surface area contributed by atoms with Gasteiger partial charge < -0.3 is 10.6 Å². The Kier molecular flexibility index (Phi) is 2.93. The molecule has 1 atom stereocenters. The van der Waals surface area contributed by atoms with E-state index in [1.165, 1.54) is 0 Å². The molecule has 2 N–H and O–H groups in total. The zero-order chi connectivity index (χ0) is 10.8. The summed E-state index contributed by atoms with van der Waals surface area (Å²) in [4.78, 5) is 13.3. The summed E-state index contributed by atoms with van der Waals surface area (Å²) in [6.45, 7) is 1.29. The van der Waals surface area contributed by atoms with E-state index in [2.05, 4.69) is 0 Å². The van der Waals surface area contributed by atoms with Gasteiger partial charge in [-0.2, -0.15) is 0 Å². The fraction of sp³-hybridized carbons (Fsp3) is 0.364. The van der Waals surface area contributed by atoms with Crippen molar-refractivity contribution in [1.29, 1.82) is 0 Å². The molecule has 1 aliphatic rings. The summed E-state index contributed by atoms with van der Waals surface area (Å²) in [5, 5.41) is 0.700. The molecule has 80 valence electrons. The topological polar surface area (TPSA) is 46.3 Å². The highest BCUT2D eigenvalue weighted by molar-refractivity contribution is 6.31. The van der Waals surface area contributed by atoms with Crippen molar-refractivity contribution in [3.05, 3.63) is 34.9 Å². The fourth-order valence-electron chi connectivity index (χ4n) is 1.75. The molecular formula is C11H13ClN2O. The Labute approximate surface area is 93.8 Å². The second-order valence-electron chi connectivity index (χ2n) is 3.75. The third-order valence-corrected chi connectivity index (χ3v) is 3.03. The van der Waals surface area contributed by atoms with Crippen molar-refractivity contribution in [3.8, 4) is 0 Å². The lowest BCUT2D eigenvalue weighted by Crippen LogP contribution is -2.33. The summed E-state index contributed by atoms with van der Waals surface area (Å²) in [5.41, 5.74) is 6.61. The Bertz CT molecular complexity index is 381. The minimum atomic E-state index is -0.326. The van der Waals surface area contributed by atoms with Gasteiger partial charge in [-0.1, -0.05) is 29.8 Å². The second-order valence-corrected chi connectivity index (χ2v) is 4.15. The average molecular weight is 225 g/mol. The maximum Gasteiger partial charge on any atom is 0.239 e. The predicted molar refractivity (Wildman–Crippen MR) is 59.5 cm³/mol. The lowest BCUT2D eigenvalue weighted by molar-refractivity contribution is -0.129. The predicted octanol–water partition coefficient (Wildman–Crippen LogP) is 1.40. The lowest BCUT2D eigenvalue weighted by Gasteiger charge is -2.16. The first kappa shape index (κ1) is 10.5. The van der Waals surface area contributed by atoms with Gasteiger partial charge in [0.2, 0.25) is 5.91 Å². The van der Waals surface area contributed by atoms with Gasteiger partial charge in [-0.3, -0.25) is 4.79 Å². The molecule has 0 saturated carbocycles. The van der Waals surface area contributed by atoms with Crippen molar-refractivity contribution >= 4 is 17.5 Å². The van der Waals surface area contributed by atoms with E-state index in [-0.39, 0.29) is 11.9 Å². The highest BCUT2D eigenvalue weighted by Crippen LogP contribution is 2.19. The molecule has 1 aromatic carbocycles. The van der Waals surface area contributed by atoms with Crippen LogP contribution in [0.2, 0.25) is 5.02 Å². The quantitative estimate of drug-likeness (QED) is 0.826. The molecule has 15 heavy (non-hydrogen) atoms. The summed E-state index contributed by atoms with van der Waals surface area (Å²) < 4.78 is 0. The van der Waals surface area contributed by atoms with E-state index < -0.39 is 0 Å². The van der Waals surface area contributed by atoms with Gasteiger partial charge in [0.05, 0.1) is 6.04 Å². The summed E-state index contributed by atoms with van der Waals surface area (Å²) in [6.07, 6.45) is 0.739. The molecule has 4 heteroatoms. The van der Waals surface area contributed by atoms with Gasteiger partial charge in [-0.25, -0.2) is 0 Å². The molecule has 1 unspecified atom stereocenters. The van der Waals surface area contributed by atoms with Crippen molar-refractivity contribution < 1.29 is 4.79 Å². The van der Waals surface area contributed by atoms with Gasteiger partial charge >= 0.3 is 0 Å². The zero-order valence-corrected chi connectivity index (χ0v) is 9.07. The van der Waals surface area contributed by atoms with Gasteiger partial charge in [0.1, 0.15) is 0 Å². The van der Waals surface area contributed by atoms with E-state index in [0.717, 1.165) is 18.5 Å². The van der Waals surface area contributed by atoms with Crippen molar-refractivity contribution in [2.45, 2.75) is 19.0 Å². The second kappa shape index (κ2) is 4.21. The third-order valence-electron chi connectivity index (χ3n) is 2.66. The van der Waals surface area contributed by atoms with Crippen LogP contribution in [0.3, 0.4) is 0 Å². The first-order chi connectivity index (χ1) is 7.18. The molecule has 0 radical (unpaired) electrons. The molecule has 0 spiro atoms. The van der Waals surface area contributed by atoms with Crippen LogP contribution in [0.1, 0.15) is 12.0 Å². The van der Waals surface area contributed by atoms with Crippen LogP contribution >= 0.6 is 11.6 Å². The number of carbonyl (C=O) groups is 1. The number of nitrogens with zero attached hydrogens (tertiary/aromatic N) is 1. The number of benzene rings is 1. The minimum absolute atomic E-state index is 0.0231. The smallest absolute Gasteiger partial charge is 0.239 e. The number of rotatable bonds is 2. The summed E-state index contributed by atoms with van der Waals surface area (Å²) in [7, 11) is 0. The van der Waals surface area contributed by atoms with E-state index in [1.807, 2.05) is 24.3 Å². The van der Waals surface area contributed by atoms with Crippen LogP contribution in [0.25, 0.3) is 0 Å². The van der Waals surface area contributed by atoms with Gasteiger partial charge in [-0.05, 0) is 18.1 Å². The van der Waals surface area contributed by atoms with Crippen LogP contribution in [0.5, 0.6) is 0 Å². The number of hydrogen-bond donors (Lipinski definition) is 1. The first-order valence-corrected chi connectivity index (χ1v) is 5.34. The summed E-state index contributed by atoms with van der Waals surface area (Å²) in [5.74, 6) is 0.0231. The van der Waals surface area contributed by atoms with E-state index >= 15 is 0 Å². The average Bonchev–Trinajstić information content (AvgIpc) is 2.53. The van der Waals surface area contributed by atoms with Crippen molar-refractivity contribution in [2.24, 2.45) is 5.73 Å². The summed E-state index contributed by atoms with van der Waals surface area (Å²) in [6, 6.07) is 7.23. The molecule has 0 aromatic heterocycles. The molecule has 0 aliphatic carbocycles. The lowest BCUT2D eigenvalue weighted by atomic mass is 10.2. The van der Waals surface area contributed by atoms with E-state index in [1.54, 1.807) is 4.90 Å². The molecular weight excluding hydrogens is 212 g/mol. The SMILES string of the molecule is NC1CCN(Cc2ccccc2Cl)C1=O. The molecule has 1 fully saturated rings. The Morgan fingerprint density at radius 2 is 2.20 bits per heavy atom. The number of halogens is 1. The van der Waals surface area contributed by atoms with Gasteiger partial charge in [0, 0.05) is 18.1 Å². The van der Waals surface area contributed by atoms with E-state index in [4.69, 9.17) is 17.3 Å². The largest absolute Gasteiger partial charge is 0.337 e. The molecule has 3 nitrogen and oxygen atoms in total.